The molecule has 1 rings (SSSR count). The summed E-state index contributed by atoms with van der Waals surface area (Å²) in [6.07, 6.45) is 1.67. The Morgan fingerprint density at radius 3 is 2.77 bits per heavy atom. The molecule has 1 unspecified atom stereocenters. The molecule has 1 aromatic rings. The molecule has 1 heterocycles. The van der Waals surface area contributed by atoms with Crippen molar-refractivity contribution in [1.82, 2.24) is 9.97 Å². The van der Waals surface area contributed by atoms with E-state index in [1.54, 1.807) is 12.3 Å². The molecule has 0 saturated heterocycles. The molecule has 0 saturated carbocycles. The van der Waals surface area contributed by atoms with Gasteiger partial charge in [0.05, 0.1) is 18.3 Å². The van der Waals surface area contributed by atoms with E-state index >= 15 is 0 Å². The lowest BCUT2D eigenvalue weighted by Crippen LogP contribution is -2.17. The molecule has 0 amide bonds. The summed E-state index contributed by atoms with van der Waals surface area (Å²) in [5.41, 5.74) is 6.32. The van der Waals surface area contributed by atoms with Crippen LogP contribution in [0, 0.1) is 0 Å². The van der Waals surface area contributed by atoms with Crippen LogP contribution >= 0.6 is 0 Å². The van der Waals surface area contributed by atoms with E-state index in [2.05, 4.69) is 9.97 Å². The number of nitrogens with two attached hydrogens (primary N) is 1. The maximum absolute atomic E-state index is 8.83. The highest BCUT2D eigenvalue weighted by Crippen LogP contribution is 2.11. The highest BCUT2D eigenvalue weighted by Gasteiger charge is 2.08. The van der Waals surface area contributed by atoms with Crippen molar-refractivity contribution >= 4 is 0 Å². The molecule has 4 heteroatoms. The van der Waals surface area contributed by atoms with Crippen LogP contribution in [0.2, 0.25) is 0 Å². The van der Waals surface area contributed by atoms with E-state index < -0.39 is 6.04 Å². The molecule has 0 aliphatic rings. The minimum atomic E-state index is -0.402. The highest BCUT2D eigenvalue weighted by atomic mass is 16.3. The Labute approximate surface area is 77.8 Å². The second-order valence-corrected chi connectivity index (χ2v) is 3.28. The summed E-state index contributed by atoms with van der Waals surface area (Å²) < 4.78 is 0. The van der Waals surface area contributed by atoms with Crippen LogP contribution in [0.15, 0.2) is 12.3 Å². The molecule has 72 valence electrons. The van der Waals surface area contributed by atoms with Gasteiger partial charge < -0.3 is 10.8 Å². The van der Waals surface area contributed by atoms with Crippen LogP contribution in [0.5, 0.6) is 0 Å². The van der Waals surface area contributed by atoms with Gasteiger partial charge in [-0.15, -0.1) is 0 Å². The molecule has 4 nitrogen and oxygen atoms in total. The van der Waals surface area contributed by atoms with Gasteiger partial charge in [0.2, 0.25) is 0 Å². The summed E-state index contributed by atoms with van der Waals surface area (Å²) in [5, 5.41) is 8.83. The van der Waals surface area contributed by atoms with Crippen LogP contribution in [0.1, 0.15) is 37.3 Å². The highest BCUT2D eigenvalue weighted by molar-refractivity contribution is 5.08. The third-order valence-electron chi connectivity index (χ3n) is 1.79. The van der Waals surface area contributed by atoms with E-state index in [0.717, 1.165) is 5.82 Å². The van der Waals surface area contributed by atoms with Gasteiger partial charge in [0.1, 0.15) is 5.82 Å². The summed E-state index contributed by atoms with van der Waals surface area (Å²) in [6.45, 7) is 3.95. The number of aliphatic hydroxyl groups excluding tert-OH is 1. The van der Waals surface area contributed by atoms with E-state index in [9.17, 15) is 0 Å². The number of hydrogen-bond acceptors (Lipinski definition) is 4. The zero-order valence-corrected chi connectivity index (χ0v) is 7.94. The molecule has 0 aliphatic heterocycles. The minimum absolute atomic E-state index is 0.0887. The van der Waals surface area contributed by atoms with Crippen molar-refractivity contribution in [1.29, 1.82) is 0 Å². The molecule has 13 heavy (non-hydrogen) atoms. The first-order valence-corrected chi connectivity index (χ1v) is 4.34. The van der Waals surface area contributed by atoms with Gasteiger partial charge in [-0.1, -0.05) is 13.8 Å². The number of aliphatic hydroxyl groups is 1. The van der Waals surface area contributed by atoms with Gasteiger partial charge in [0.25, 0.3) is 0 Å². The van der Waals surface area contributed by atoms with Crippen LogP contribution in [0.3, 0.4) is 0 Å². The van der Waals surface area contributed by atoms with Crippen molar-refractivity contribution in [2.45, 2.75) is 25.8 Å². The van der Waals surface area contributed by atoms with Crippen molar-refractivity contribution in [3.63, 3.8) is 0 Å². The Hall–Kier alpha value is -1.00. The Balaban J connectivity index is 2.91. The number of rotatable bonds is 3. The van der Waals surface area contributed by atoms with Gasteiger partial charge in [0, 0.05) is 12.1 Å². The maximum atomic E-state index is 8.83. The van der Waals surface area contributed by atoms with Gasteiger partial charge in [-0.2, -0.15) is 0 Å². The predicted octanol–water partition coefficient (Wildman–Crippen LogP) is 0.592. The summed E-state index contributed by atoms with van der Waals surface area (Å²) in [7, 11) is 0. The summed E-state index contributed by atoms with van der Waals surface area (Å²) in [5.74, 6) is 1.05. The standard InChI is InChI=1S/C9H15N3O/c1-6(2)9-11-4-3-8(12-9)7(10)5-13/h3-4,6-7,13H,5,10H2,1-2H3. The van der Waals surface area contributed by atoms with Crippen molar-refractivity contribution in [2.75, 3.05) is 6.61 Å². The zero-order valence-electron chi connectivity index (χ0n) is 7.94. The number of nitrogens with zero attached hydrogens (tertiary/aromatic N) is 2. The quantitative estimate of drug-likeness (QED) is 0.716. The summed E-state index contributed by atoms with van der Waals surface area (Å²) in [4.78, 5) is 8.35. The van der Waals surface area contributed by atoms with Crippen LogP contribution < -0.4 is 5.73 Å². The summed E-state index contributed by atoms with van der Waals surface area (Å²) >= 11 is 0. The fourth-order valence-corrected chi connectivity index (χ4v) is 0.967. The Kier molecular flexibility index (Phi) is 3.33. The zero-order chi connectivity index (χ0) is 9.84. The van der Waals surface area contributed by atoms with Crippen LogP contribution in [-0.2, 0) is 0 Å². The molecular weight excluding hydrogens is 166 g/mol. The Bertz CT molecular complexity index is 275. The monoisotopic (exact) mass is 181 g/mol. The van der Waals surface area contributed by atoms with Crippen molar-refractivity contribution in [3.8, 4) is 0 Å². The number of hydrogen-bond donors (Lipinski definition) is 2. The van der Waals surface area contributed by atoms with Gasteiger partial charge in [0.15, 0.2) is 0 Å². The average molecular weight is 181 g/mol. The summed E-state index contributed by atoms with van der Waals surface area (Å²) in [6, 6.07) is 1.33. The number of aromatic nitrogens is 2. The lowest BCUT2D eigenvalue weighted by molar-refractivity contribution is 0.265. The molecule has 0 bridgehead atoms. The van der Waals surface area contributed by atoms with Crippen molar-refractivity contribution in [3.05, 3.63) is 23.8 Å². The SMILES string of the molecule is CC(C)c1nccc(C(N)CO)n1. The third kappa shape index (κ3) is 2.47. The van der Waals surface area contributed by atoms with Gasteiger partial charge in [-0.05, 0) is 6.07 Å². The third-order valence-corrected chi connectivity index (χ3v) is 1.79. The smallest absolute Gasteiger partial charge is 0.131 e. The van der Waals surface area contributed by atoms with Gasteiger partial charge >= 0.3 is 0 Å². The minimum Gasteiger partial charge on any atom is -0.394 e. The molecule has 3 N–H and O–H groups in total. The molecule has 0 radical (unpaired) electrons. The van der Waals surface area contributed by atoms with E-state index in [-0.39, 0.29) is 12.5 Å². The van der Waals surface area contributed by atoms with Crippen molar-refractivity contribution in [2.24, 2.45) is 5.73 Å². The lowest BCUT2D eigenvalue weighted by Gasteiger charge is -2.09. The molecule has 0 aliphatic carbocycles. The molecule has 1 atom stereocenters. The maximum Gasteiger partial charge on any atom is 0.131 e. The fraction of sp³-hybridized carbons (Fsp3) is 0.556. The normalized spacial score (nSPS) is 13.3. The lowest BCUT2D eigenvalue weighted by atomic mass is 10.2. The van der Waals surface area contributed by atoms with E-state index in [1.165, 1.54) is 0 Å². The van der Waals surface area contributed by atoms with E-state index in [0.29, 0.717) is 5.69 Å². The van der Waals surface area contributed by atoms with E-state index in [1.807, 2.05) is 13.8 Å². The van der Waals surface area contributed by atoms with Crippen LogP contribution in [-0.4, -0.2) is 21.7 Å². The first-order chi connectivity index (χ1) is 6.15. The van der Waals surface area contributed by atoms with Crippen LogP contribution in [0.25, 0.3) is 0 Å². The average Bonchev–Trinajstić information content (AvgIpc) is 2.17. The van der Waals surface area contributed by atoms with E-state index in [4.69, 9.17) is 10.8 Å². The Morgan fingerprint density at radius 1 is 1.54 bits per heavy atom. The van der Waals surface area contributed by atoms with Gasteiger partial charge in [-0.3, -0.25) is 0 Å². The predicted molar refractivity (Wildman–Crippen MR) is 50.1 cm³/mol. The first-order valence-electron chi connectivity index (χ1n) is 4.34. The molecule has 0 spiro atoms. The Morgan fingerprint density at radius 2 is 2.23 bits per heavy atom. The molecule has 1 aromatic heterocycles. The molecular formula is C9H15N3O. The first kappa shape index (κ1) is 10.1. The van der Waals surface area contributed by atoms with Gasteiger partial charge in [-0.25, -0.2) is 9.97 Å². The topological polar surface area (TPSA) is 72.0 Å². The molecule has 0 aromatic carbocycles. The van der Waals surface area contributed by atoms with Crippen molar-refractivity contribution < 1.29 is 5.11 Å². The van der Waals surface area contributed by atoms with Crippen LogP contribution in [0.4, 0.5) is 0 Å². The fourth-order valence-electron chi connectivity index (χ4n) is 0.967. The second-order valence-electron chi connectivity index (χ2n) is 3.28. The molecule has 0 fully saturated rings. The second kappa shape index (κ2) is 4.30. The largest absolute Gasteiger partial charge is 0.394 e.